The normalized spacial score (nSPS) is 12.7. The van der Waals surface area contributed by atoms with Crippen LogP contribution >= 0.6 is 11.6 Å². The van der Waals surface area contributed by atoms with Crippen LogP contribution in [0.5, 0.6) is 0 Å². The number of rotatable bonds is 9. The molecule has 0 saturated carbocycles. The Bertz CT molecular complexity index is 648. The molecule has 0 heterocycles. The highest BCUT2D eigenvalue weighted by Crippen LogP contribution is 2.17. The van der Waals surface area contributed by atoms with Gasteiger partial charge in [0, 0.05) is 24.9 Å². The molecule has 1 aromatic rings. The summed E-state index contributed by atoms with van der Waals surface area (Å²) < 4.78 is 13.2. The highest BCUT2D eigenvalue weighted by atomic mass is 35.5. The van der Waals surface area contributed by atoms with Crippen LogP contribution in [-0.4, -0.2) is 25.5 Å². The molecule has 1 N–H and O–H groups in total. The minimum absolute atomic E-state index is 0.124. The summed E-state index contributed by atoms with van der Waals surface area (Å²) in [6, 6.07) is 4.70. The SMILES string of the molecule is C=C(C(CN=CCC)=NC)/C(=C/CC)NCc1ccc(F)c(Cl)c1. The zero-order valence-electron chi connectivity index (χ0n) is 14.6. The number of benzene rings is 1. The summed E-state index contributed by atoms with van der Waals surface area (Å²) >= 11 is 5.83. The van der Waals surface area contributed by atoms with Crippen molar-refractivity contribution in [3.63, 3.8) is 0 Å². The van der Waals surface area contributed by atoms with Gasteiger partial charge in [0.25, 0.3) is 0 Å². The molecular weight excluding hydrogens is 325 g/mol. The Morgan fingerprint density at radius 3 is 2.67 bits per heavy atom. The summed E-state index contributed by atoms with van der Waals surface area (Å²) in [4.78, 5) is 8.63. The molecule has 0 unspecified atom stereocenters. The second kappa shape index (κ2) is 10.8. The highest BCUT2D eigenvalue weighted by Gasteiger charge is 2.09. The quantitative estimate of drug-likeness (QED) is 0.496. The van der Waals surface area contributed by atoms with Crippen LogP contribution in [-0.2, 0) is 6.54 Å². The predicted molar refractivity (Wildman–Crippen MR) is 103 cm³/mol. The van der Waals surface area contributed by atoms with E-state index in [-0.39, 0.29) is 5.02 Å². The molecule has 0 aliphatic rings. The molecule has 1 aromatic carbocycles. The Hall–Kier alpha value is -1.94. The van der Waals surface area contributed by atoms with E-state index >= 15 is 0 Å². The maximum absolute atomic E-state index is 13.2. The van der Waals surface area contributed by atoms with Crippen LogP contribution < -0.4 is 5.32 Å². The zero-order chi connectivity index (χ0) is 17.9. The maximum atomic E-state index is 13.2. The molecule has 0 spiro atoms. The molecule has 130 valence electrons. The number of hydrogen-bond acceptors (Lipinski definition) is 3. The van der Waals surface area contributed by atoms with E-state index in [1.165, 1.54) is 6.07 Å². The Balaban J connectivity index is 2.82. The summed E-state index contributed by atoms with van der Waals surface area (Å²) in [6.07, 6.45) is 5.68. The largest absolute Gasteiger partial charge is 0.381 e. The number of nitrogens with zero attached hydrogens (tertiary/aromatic N) is 2. The molecule has 0 aliphatic heterocycles. The Kier molecular flexibility index (Phi) is 9.02. The monoisotopic (exact) mass is 349 g/mol. The third-order valence-electron chi connectivity index (χ3n) is 3.37. The van der Waals surface area contributed by atoms with Crippen molar-refractivity contribution < 1.29 is 4.39 Å². The van der Waals surface area contributed by atoms with E-state index in [4.69, 9.17) is 11.6 Å². The van der Waals surface area contributed by atoms with Gasteiger partial charge in [-0.2, -0.15) is 0 Å². The fraction of sp³-hybridized carbons (Fsp3) is 0.368. The van der Waals surface area contributed by atoms with Crippen molar-refractivity contribution in [3.8, 4) is 0 Å². The number of aliphatic imine (C=N–C) groups is 2. The summed E-state index contributed by atoms with van der Waals surface area (Å²) in [5.41, 5.74) is 3.46. The van der Waals surface area contributed by atoms with Gasteiger partial charge in [-0.1, -0.05) is 44.2 Å². The van der Waals surface area contributed by atoms with Crippen LogP contribution in [0.2, 0.25) is 5.02 Å². The summed E-state index contributed by atoms with van der Waals surface area (Å²) in [7, 11) is 1.74. The number of nitrogens with one attached hydrogen (secondary N) is 1. The van der Waals surface area contributed by atoms with Crippen molar-refractivity contribution in [1.29, 1.82) is 0 Å². The van der Waals surface area contributed by atoms with E-state index < -0.39 is 5.82 Å². The van der Waals surface area contributed by atoms with Crippen LogP contribution in [0.1, 0.15) is 32.3 Å². The Morgan fingerprint density at radius 2 is 2.08 bits per heavy atom. The Labute approximate surface area is 149 Å². The first-order valence-electron chi connectivity index (χ1n) is 8.04. The zero-order valence-corrected chi connectivity index (χ0v) is 15.3. The molecule has 24 heavy (non-hydrogen) atoms. The van der Waals surface area contributed by atoms with E-state index in [1.807, 2.05) is 13.1 Å². The molecule has 0 radical (unpaired) electrons. The predicted octanol–water partition coefficient (Wildman–Crippen LogP) is 4.97. The summed E-state index contributed by atoms with van der Waals surface area (Å²) in [6.45, 7) is 9.28. The van der Waals surface area contributed by atoms with E-state index in [9.17, 15) is 4.39 Å². The number of allylic oxidation sites excluding steroid dienone is 2. The minimum Gasteiger partial charge on any atom is -0.381 e. The molecule has 0 atom stereocenters. The van der Waals surface area contributed by atoms with Gasteiger partial charge in [-0.15, -0.1) is 0 Å². The van der Waals surface area contributed by atoms with E-state index in [2.05, 4.69) is 34.9 Å². The molecule has 0 bridgehead atoms. The molecule has 0 amide bonds. The average molecular weight is 350 g/mol. The van der Waals surface area contributed by atoms with Crippen molar-refractivity contribution in [2.24, 2.45) is 9.98 Å². The lowest BCUT2D eigenvalue weighted by Gasteiger charge is -2.15. The lowest BCUT2D eigenvalue weighted by molar-refractivity contribution is 0.627. The van der Waals surface area contributed by atoms with E-state index in [1.54, 1.807) is 19.2 Å². The van der Waals surface area contributed by atoms with Gasteiger partial charge in [0.2, 0.25) is 0 Å². The lowest BCUT2D eigenvalue weighted by atomic mass is 10.1. The fourth-order valence-corrected chi connectivity index (χ4v) is 2.29. The first-order chi connectivity index (χ1) is 11.5. The second-order valence-corrected chi connectivity index (χ2v) is 5.62. The van der Waals surface area contributed by atoms with Crippen LogP contribution in [0.25, 0.3) is 0 Å². The van der Waals surface area contributed by atoms with Gasteiger partial charge >= 0.3 is 0 Å². The van der Waals surface area contributed by atoms with E-state index in [0.29, 0.717) is 13.1 Å². The fourth-order valence-electron chi connectivity index (χ4n) is 2.09. The number of halogens is 2. The van der Waals surface area contributed by atoms with Crippen LogP contribution in [0.15, 0.2) is 52.1 Å². The molecule has 0 fully saturated rings. The van der Waals surface area contributed by atoms with Crippen molar-refractivity contribution in [2.45, 2.75) is 33.2 Å². The van der Waals surface area contributed by atoms with Gasteiger partial charge in [-0.05, 0) is 36.8 Å². The summed E-state index contributed by atoms with van der Waals surface area (Å²) in [5, 5.41) is 3.46. The second-order valence-electron chi connectivity index (χ2n) is 5.21. The molecule has 0 aliphatic carbocycles. The van der Waals surface area contributed by atoms with Gasteiger partial charge in [0.15, 0.2) is 0 Å². The molecule has 0 aromatic heterocycles. The highest BCUT2D eigenvalue weighted by molar-refractivity contribution is 6.30. The molecule has 3 nitrogen and oxygen atoms in total. The summed E-state index contributed by atoms with van der Waals surface area (Å²) in [5.74, 6) is -0.414. The van der Waals surface area contributed by atoms with Gasteiger partial charge in [-0.3, -0.25) is 9.98 Å². The van der Waals surface area contributed by atoms with Gasteiger partial charge in [0.05, 0.1) is 17.3 Å². The van der Waals surface area contributed by atoms with E-state index in [0.717, 1.165) is 35.4 Å². The van der Waals surface area contributed by atoms with Crippen molar-refractivity contribution >= 4 is 23.5 Å². The first-order valence-corrected chi connectivity index (χ1v) is 8.42. The van der Waals surface area contributed by atoms with Crippen LogP contribution in [0.4, 0.5) is 4.39 Å². The molecular formula is C19H25ClFN3. The smallest absolute Gasteiger partial charge is 0.141 e. The topological polar surface area (TPSA) is 36.8 Å². The average Bonchev–Trinajstić information content (AvgIpc) is 2.58. The lowest BCUT2D eigenvalue weighted by Crippen LogP contribution is -2.20. The van der Waals surface area contributed by atoms with Crippen molar-refractivity contribution in [3.05, 3.63) is 58.5 Å². The third-order valence-corrected chi connectivity index (χ3v) is 3.66. The standard InChI is InChI=1S/C19H25ClFN3/c1-5-7-18(14(3)19(22-4)13-23-10-6-2)24-12-15-8-9-17(21)16(20)11-15/h7-11,24H,3,5-6,12-13H2,1-2,4H3/b18-7-,22-19?,23-10?. The van der Waals surface area contributed by atoms with Crippen LogP contribution in [0, 0.1) is 5.82 Å². The van der Waals surface area contributed by atoms with Crippen molar-refractivity contribution in [1.82, 2.24) is 5.32 Å². The minimum atomic E-state index is -0.414. The van der Waals surface area contributed by atoms with Gasteiger partial charge in [-0.25, -0.2) is 4.39 Å². The third kappa shape index (κ3) is 6.28. The Morgan fingerprint density at radius 1 is 1.33 bits per heavy atom. The first kappa shape index (κ1) is 20.1. The van der Waals surface area contributed by atoms with Gasteiger partial charge < -0.3 is 5.32 Å². The number of hydrogen-bond donors (Lipinski definition) is 1. The van der Waals surface area contributed by atoms with Crippen molar-refractivity contribution in [2.75, 3.05) is 13.6 Å². The van der Waals surface area contributed by atoms with Gasteiger partial charge in [0.1, 0.15) is 5.82 Å². The molecule has 1 rings (SSSR count). The molecule has 0 saturated heterocycles. The van der Waals surface area contributed by atoms with Crippen LogP contribution in [0.3, 0.4) is 0 Å². The molecule has 5 heteroatoms. The maximum Gasteiger partial charge on any atom is 0.141 e.